The Kier molecular flexibility index (Phi) is 3.74. The van der Waals surface area contributed by atoms with Crippen LogP contribution in [0.15, 0.2) is 29.1 Å². The van der Waals surface area contributed by atoms with Crippen molar-refractivity contribution in [1.82, 2.24) is 9.55 Å². The van der Waals surface area contributed by atoms with Crippen molar-refractivity contribution in [3.05, 3.63) is 62.4 Å². The van der Waals surface area contributed by atoms with Gasteiger partial charge in [-0.3, -0.25) is 4.79 Å². The maximum absolute atomic E-state index is 13.3. The lowest BCUT2D eigenvalue weighted by molar-refractivity contribution is -0.172. The van der Waals surface area contributed by atoms with Crippen LogP contribution in [0.3, 0.4) is 0 Å². The van der Waals surface area contributed by atoms with Gasteiger partial charge in [0.25, 0.3) is 5.56 Å². The fourth-order valence-electron chi connectivity index (χ4n) is 4.68. The number of aryl methyl sites for hydroxylation is 2. The van der Waals surface area contributed by atoms with Gasteiger partial charge in [0.15, 0.2) is 5.60 Å². The molecule has 5 rings (SSSR count). The van der Waals surface area contributed by atoms with Crippen molar-refractivity contribution in [3.8, 4) is 11.4 Å². The number of fused-ring (bicyclic) bond motifs is 5. The highest BCUT2D eigenvalue weighted by atomic mass is 16.6. The zero-order valence-corrected chi connectivity index (χ0v) is 16.7. The summed E-state index contributed by atoms with van der Waals surface area (Å²) < 4.78 is 6.82. The molecule has 6 heteroatoms. The smallest absolute Gasteiger partial charge is 0.343 e. The zero-order valence-electron chi connectivity index (χ0n) is 16.7. The number of ether oxygens (including phenoxy) is 1. The third kappa shape index (κ3) is 2.29. The minimum atomic E-state index is -1.80. The minimum absolute atomic E-state index is 0.110. The van der Waals surface area contributed by atoms with Gasteiger partial charge in [0.2, 0.25) is 0 Å². The number of esters is 1. The third-order valence-electron chi connectivity index (χ3n) is 6.31. The van der Waals surface area contributed by atoms with Crippen molar-refractivity contribution in [3.63, 3.8) is 0 Å². The van der Waals surface area contributed by atoms with Crippen LogP contribution in [-0.2, 0) is 34.7 Å². The number of benzene rings is 1. The van der Waals surface area contributed by atoms with Gasteiger partial charge in [-0.2, -0.15) is 0 Å². The van der Waals surface area contributed by atoms with E-state index < -0.39 is 11.6 Å². The third-order valence-corrected chi connectivity index (χ3v) is 6.31. The van der Waals surface area contributed by atoms with Gasteiger partial charge >= 0.3 is 5.97 Å². The SMILES string of the molecule is CCc1c2c(nc3ccc(C)cc13)-c1cc3c(c(=O)n1C2)COC(=O)[C@]3(O)CC. The molecule has 1 N–H and O–H groups in total. The first-order valence-electron chi connectivity index (χ1n) is 9.98. The molecular weight excluding hydrogens is 368 g/mol. The molecule has 2 aliphatic heterocycles. The highest BCUT2D eigenvalue weighted by Gasteiger charge is 2.45. The number of rotatable bonds is 2. The van der Waals surface area contributed by atoms with E-state index in [-0.39, 0.29) is 18.6 Å². The molecule has 29 heavy (non-hydrogen) atoms. The van der Waals surface area contributed by atoms with Crippen LogP contribution < -0.4 is 5.56 Å². The number of nitrogens with zero attached hydrogens (tertiary/aromatic N) is 2. The summed E-state index contributed by atoms with van der Waals surface area (Å²) in [5.74, 6) is -0.703. The van der Waals surface area contributed by atoms with Gasteiger partial charge in [0, 0.05) is 16.5 Å². The maximum atomic E-state index is 13.3. The van der Waals surface area contributed by atoms with Crippen LogP contribution in [0.1, 0.15) is 48.1 Å². The molecule has 0 saturated carbocycles. The quantitative estimate of drug-likeness (QED) is 0.532. The fourth-order valence-corrected chi connectivity index (χ4v) is 4.68. The van der Waals surface area contributed by atoms with Crippen molar-refractivity contribution in [2.75, 3.05) is 0 Å². The number of hydrogen-bond acceptors (Lipinski definition) is 5. The molecule has 1 atom stereocenters. The average Bonchev–Trinajstić information content (AvgIpc) is 3.08. The number of aliphatic hydroxyl groups is 1. The lowest BCUT2D eigenvalue weighted by atomic mass is 9.86. The molecule has 0 radical (unpaired) electrons. The molecule has 0 saturated heterocycles. The van der Waals surface area contributed by atoms with Gasteiger partial charge in [0.1, 0.15) is 6.61 Å². The number of pyridine rings is 2. The van der Waals surface area contributed by atoms with Gasteiger partial charge in [-0.15, -0.1) is 0 Å². The van der Waals surface area contributed by atoms with E-state index in [9.17, 15) is 14.7 Å². The highest BCUT2D eigenvalue weighted by Crippen LogP contribution is 2.40. The zero-order chi connectivity index (χ0) is 20.5. The molecule has 0 fully saturated rings. The van der Waals surface area contributed by atoms with E-state index in [1.165, 1.54) is 11.1 Å². The largest absolute Gasteiger partial charge is 0.458 e. The van der Waals surface area contributed by atoms with Gasteiger partial charge in [-0.25, -0.2) is 9.78 Å². The van der Waals surface area contributed by atoms with E-state index in [0.29, 0.717) is 23.4 Å². The molecule has 3 aromatic rings. The van der Waals surface area contributed by atoms with Crippen LogP contribution >= 0.6 is 0 Å². The summed E-state index contributed by atoms with van der Waals surface area (Å²) in [5.41, 5.74) is 4.37. The predicted molar refractivity (Wildman–Crippen MR) is 109 cm³/mol. The van der Waals surface area contributed by atoms with E-state index in [1.807, 2.05) is 12.1 Å². The van der Waals surface area contributed by atoms with Crippen LogP contribution in [0.25, 0.3) is 22.3 Å². The Morgan fingerprint density at radius 2 is 2.00 bits per heavy atom. The normalized spacial score (nSPS) is 19.7. The van der Waals surface area contributed by atoms with Gasteiger partial charge in [-0.1, -0.05) is 25.5 Å². The van der Waals surface area contributed by atoms with Gasteiger partial charge in [-0.05, 0) is 43.5 Å². The lowest BCUT2D eigenvalue weighted by Gasteiger charge is -2.31. The molecule has 2 aliphatic rings. The monoisotopic (exact) mass is 390 g/mol. The second-order valence-electron chi connectivity index (χ2n) is 7.89. The Bertz CT molecular complexity index is 1270. The van der Waals surface area contributed by atoms with E-state index in [2.05, 4.69) is 19.9 Å². The predicted octanol–water partition coefficient (Wildman–Crippen LogP) is 2.95. The maximum Gasteiger partial charge on any atom is 0.343 e. The van der Waals surface area contributed by atoms with Gasteiger partial charge in [0.05, 0.1) is 29.0 Å². The number of cyclic esters (lactones) is 1. The molecule has 0 amide bonds. The topological polar surface area (TPSA) is 81.4 Å². The van der Waals surface area contributed by atoms with Crippen LogP contribution in [0.4, 0.5) is 0 Å². The minimum Gasteiger partial charge on any atom is -0.458 e. The number of carbonyl (C=O) groups is 1. The molecule has 148 valence electrons. The highest BCUT2D eigenvalue weighted by molar-refractivity contribution is 5.89. The lowest BCUT2D eigenvalue weighted by Crippen LogP contribution is -2.44. The molecule has 0 aliphatic carbocycles. The fraction of sp³-hybridized carbons (Fsp3) is 0.348. The molecule has 2 aromatic heterocycles. The number of carbonyl (C=O) groups excluding carboxylic acids is 1. The van der Waals surface area contributed by atoms with Crippen LogP contribution in [0.2, 0.25) is 0 Å². The summed E-state index contributed by atoms with van der Waals surface area (Å²) in [5, 5.41) is 12.1. The Morgan fingerprint density at radius 1 is 1.21 bits per heavy atom. The van der Waals surface area contributed by atoms with E-state index >= 15 is 0 Å². The van der Waals surface area contributed by atoms with E-state index in [1.54, 1.807) is 17.6 Å². The van der Waals surface area contributed by atoms with Crippen LogP contribution in [0.5, 0.6) is 0 Å². The second-order valence-corrected chi connectivity index (χ2v) is 7.89. The summed E-state index contributed by atoms with van der Waals surface area (Å²) in [6.45, 7) is 6.20. The molecule has 6 nitrogen and oxygen atoms in total. The molecule has 0 unspecified atom stereocenters. The summed E-state index contributed by atoms with van der Waals surface area (Å²) >= 11 is 0. The van der Waals surface area contributed by atoms with Crippen LogP contribution in [-0.4, -0.2) is 20.6 Å². The van der Waals surface area contributed by atoms with E-state index in [0.717, 1.165) is 28.6 Å². The van der Waals surface area contributed by atoms with E-state index in [4.69, 9.17) is 9.72 Å². The van der Waals surface area contributed by atoms with Crippen molar-refractivity contribution in [2.45, 2.75) is 52.4 Å². The first-order chi connectivity index (χ1) is 13.9. The number of hydrogen-bond donors (Lipinski definition) is 1. The first kappa shape index (κ1) is 18.1. The van der Waals surface area contributed by atoms with Crippen molar-refractivity contribution in [2.24, 2.45) is 0 Å². The summed E-state index contributed by atoms with van der Waals surface area (Å²) in [6.07, 6.45) is 0.965. The first-order valence-corrected chi connectivity index (χ1v) is 9.98. The van der Waals surface area contributed by atoms with Gasteiger partial charge < -0.3 is 14.4 Å². The standard InChI is InChI=1S/C23H22N2O4/c1-4-13-14-8-12(3)6-7-18(14)24-20-15(13)10-25-19(20)9-17-16(21(25)26)11-29-22(27)23(17,28)5-2/h6-9,28H,4-5,10-11H2,1-3H3/t23-/m0/s1. The number of aromatic nitrogens is 2. The summed E-state index contributed by atoms with van der Waals surface area (Å²) in [6, 6.07) is 7.93. The molecule has 4 heterocycles. The Morgan fingerprint density at radius 3 is 2.72 bits per heavy atom. The second kappa shape index (κ2) is 6.00. The summed E-state index contributed by atoms with van der Waals surface area (Å²) in [7, 11) is 0. The Labute approximate surface area is 167 Å². The van der Waals surface area contributed by atoms with Crippen molar-refractivity contribution >= 4 is 16.9 Å². The van der Waals surface area contributed by atoms with Crippen LogP contribution in [0, 0.1) is 6.92 Å². The van der Waals surface area contributed by atoms with Crippen molar-refractivity contribution < 1.29 is 14.6 Å². The Hall–Kier alpha value is -2.99. The molecule has 1 aromatic carbocycles. The molecule has 0 bridgehead atoms. The summed E-state index contributed by atoms with van der Waals surface area (Å²) in [4.78, 5) is 30.4. The molecular formula is C23H22N2O4. The molecule has 0 spiro atoms. The Balaban J connectivity index is 1.84. The van der Waals surface area contributed by atoms with Crippen molar-refractivity contribution in [1.29, 1.82) is 0 Å². The average molecular weight is 390 g/mol.